The van der Waals surface area contributed by atoms with Crippen LogP contribution in [-0.2, 0) is 20.6 Å². The van der Waals surface area contributed by atoms with Crippen LogP contribution >= 0.6 is 0 Å². The third kappa shape index (κ3) is 4.35. The molecule has 27 heavy (non-hydrogen) atoms. The highest BCUT2D eigenvalue weighted by Crippen LogP contribution is 2.31. The molecule has 2 heterocycles. The van der Waals surface area contributed by atoms with E-state index in [0.29, 0.717) is 24.6 Å². The highest BCUT2D eigenvalue weighted by molar-refractivity contribution is 7.91. The van der Waals surface area contributed by atoms with Crippen LogP contribution in [0.15, 0.2) is 12.1 Å². The SMILES string of the molecule is CNC(=O)OC[C@H]1CN(c2cc(F)c(N3CC[S+]([O-])CC3)c(F)c2)C(=O)O1. The van der Waals surface area contributed by atoms with E-state index < -0.39 is 41.1 Å². The number of hydrogen-bond donors (Lipinski definition) is 1. The maximum absolute atomic E-state index is 14.6. The van der Waals surface area contributed by atoms with Crippen molar-refractivity contribution in [3.05, 3.63) is 23.8 Å². The zero-order valence-corrected chi connectivity index (χ0v) is 15.4. The summed E-state index contributed by atoms with van der Waals surface area (Å²) in [5, 5.41) is 2.26. The first-order valence-corrected chi connectivity index (χ1v) is 9.79. The molecule has 0 saturated carbocycles. The second-order valence-corrected chi connectivity index (χ2v) is 7.75. The molecule has 0 radical (unpaired) electrons. The topological polar surface area (TPSA) is 94.2 Å². The zero-order valence-electron chi connectivity index (χ0n) is 14.6. The first-order chi connectivity index (χ1) is 12.9. The first kappa shape index (κ1) is 19.5. The molecule has 0 spiro atoms. The minimum absolute atomic E-state index is 0.00322. The number of benzene rings is 1. The van der Waals surface area contributed by atoms with Crippen molar-refractivity contribution < 1.29 is 32.4 Å². The lowest BCUT2D eigenvalue weighted by Gasteiger charge is -2.30. The van der Waals surface area contributed by atoms with Gasteiger partial charge in [0.1, 0.15) is 23.8 Å². The van der Waals surface area contributed by atoms with E-state index in [4.69, 9.17) is 9.47 Å². The summed E-state index contributed by atoms with van der Waals surface area (Å²) >= 11 is -0.966. The van der Waals surface area contributed by atoms with Crippen LogP contribution in [0.1, 0.15) is 0 Å². The normalized spacial score (nSPS) is 20.6. The van der Waals surface area contributed by atoms with Gasteiger partial charge in [-0.25, -0.2) is 18.4 Å². The van der Waals surface area contributed by atoms with Gasteiger partial charge in [0.2, 0.25) is 0 Å². The Kier molecular flexibility index (Phi) is 5.90. The lowest BCUT2D eigenvalue weighted by molar-refractivity contribution is 0.0745. The highest BCUT2D eigenvalue weighted by atomic mass is 32.2. The van der Waals surface area contributed by atoms with Gasteiger partial charge in [-0.05, 0) is 0 Å². The van der Waals surface area contributed by atoms with Crippen LogP contribution in [0.25, 0.3) is 0 Å². The quantitative estimate of drug-likeness (QED) is 0.760. The van der Waals surface area contributed by atoms with Gasteiger partial charge in [-0.3, -0.25) is 4.90 Å². The number of alkyl carbamates (subject to hydrolysis) is 1. The molecule has 1 N–H and O–H groups in total. The number of anilines is 2. The molecule has 11 heteroatoms. The van der Waals surface area contributed by atoms with Crippen molar-refractivity contribution in [2.45, 2.75) is 6.10 Å². The second-order valence-electron chi connectivity index (χ2n) is 6.06. The number of hydrogen-bond acceptors (Lipinski definition) is 6. The monoisotopic (exact) mass is 403 g/mol. The van der Waals surface area contributed by atoms with Gasteiger partial charge in [0.25, 0.3) is 0 Å². The largest absolute Gasteiger partial charge is 0.616 e. The van der Waals surface area contributed by atoms with Crippen LogP contribution in [0.5, 0.6) is 0 Å². The standard InChI is InChI=1S/C16H19F2N3O5S/c1-19-15(22)25-9-11-8-21(16(23)26-11)10-6-12(17)14(13(18)7-10)20-2-4-27(24)5-3-20/h6-7,11H,2-5,8-9H2,1H3,(H,19,22)/t11-/m1/s1. The maximum atomic E-state index is 14.6. The molecule has 2 amide bonds. The first-order valence-electron chi connectivity index (χ1n) is 8.30. The van der Waals surface area contributed by atoms with Gasteiger partial charge in [-0.2, -0.15) is 0 Å². The van der Waals surface area contributed by atoms with Crippen molar-refractivity contribution in [2.75, 3.05) is 54.6 Å². The lowest BCUT2D eigenvalue weighted by atomic mass is 10.2. The number of nitrogens with one attached hydrogen (secondary N) is 1. The Labute approximate surface area is 157 Å². The molecular weight excluding hydrogens is 384 g/mol. The van der Waals surface area contributed by atoms with Crippen LogP contribution in [0, 0.1) is 11.6 Å². The van der Waals surface area contributed by atoms with Crippen LogP contribution in [0.2, 0.25) is 0 Å². The van der Waals surface area contributed by atoms with E-state index >= 15 is 0 Å². The molecule has 1 atom stereocenters. The molecule has 0 unspecified atom stereocenters. The Morgan fingerprint density at radius 3 is 2.59 bits per heavy atom. The molecule has 2 fully saturated rings. The second kappa shape index (κ2) is 8.17. The average Bonchev–Trinajstić information content (AvgIpc) is 3.01. The van der Waals surface area contributed by atoms with Gasteiger partial charge in [-0.1, -0.05) is 11.2 Å². The molecule has 8 nitrogen and oxygen atoms in total. The van der Waals surface area contributed by atoms with Crippen LogP contribution in [0.3, 0.4) is 0 Å². The van der Waals surface area contributed by atoms with Crippen LogP contribution < -0.4 is 15.1 Å². The van der Waals surface area contributed by atoms with Crippen molar-refractivity contribution in [3.63, 3.8) is 0 Å². The van der Waals surface area contributed by atoms with Crippen LogP contribution in [0.4, 0.5) is 29.7 Å². The van der Waals surface area contributed by atoms with Gasteiger partial charge >= 0.3 is 12.2 Å². The predicted molar refractivity (Wildman–Crippen MR) is 94.5 cm³/mol. The molecule has 0 aliphatic carbocycles. The highest BCUT2D eigenvalue weighted by Gasteiger charge is 2.35. The molecule has 148 valence electrons. The number of amides is 2. The van der Waals surface area contributed by atoms with E-state index in [-0.39, 0.29) is 24.5 Å². The van der Waals surface area contributed by atoms with Crippen molar-refractivity contribution in [1.29, 1.82) is 0 Å². The molecule has 1 aromatic rings. The van der Waals surface area contributed by atoms with Gasteiger partial charge in [0, 0.05) is 19.2 Å². The lowest BCUT2D eigenvalue weighted by Crippen LogP contribution is -2.41. The number of carbonyl (C=O) groups is 2. The van der Waals surface area contributed by atoms with E-state index in [1.807, 2.05) is 0 Å². The predicted octanol–water partition coefficient (Wildman–Crippen LogP) is 1.21. The van der Waals surface area contributed by atoms with Gasteiger partial charge in [0.05, 0.1) is 25.3 Å². The third-order valence-electron chi connectivity index (χ3n) is 4.29. The van der Waals surface area contributed by atoms with Gasteiger partial charge < -0.3 is 24.2 Å². The molecule has 1 aromatic carbocycles. The fourth-order valence-corrected chi connectivity index (χ4v) is 3.98. The Hall–Kier alpha value is -2.27. The summed E-state index contributed by atoms with van der Waals surface area (Å²) in [5.41, 5.74) is -0.177. The summed E-state index contributed by atoms with van der Waals surface area (Å²) in [4.78, 5) is 25.7. The van der Waals surface area contributed by atoms with Gasteiger partial charge in [0.15, 0.2) is 17.7 Å². The minimum atomic E-state index is -0.966. The number of rotatable bonds is 4. The molecule has 3 rings (SSSR count). The summed E-state index contributed by atoms with van der Waals surface area (Å²) < 4.78 is 50.4. The van der Waals surface area contributed by atoms with Gasteiger partial charge in [-0.15, -0.1) is 0 Å². The number of cyclic esters (lactones) is 1. The zero-order chi connectivity index (χ0) is 19.6. The average molecular weight is 403 g/mol. The van der Waals surface area contributed by atoms with E-state index in [1.54, 1.807) is 0 Å². The van der Waals surface area contributed by atoms with Crippen molar-refractivity contribution >= 4 is 34.7 Å². The van der Waals surface area contributed by atoms with E-state index in [2.05, 4.69) is 5.32 Å². The van der Waals surface area contributed by atoms with Crippen molar-refractivity contribution in [3.8, 4) is 0 Å². The summed E-state index contributed by atoms with van der Waals surface area (Å²) in [5.74, 6) is -0.913. The van der Waals surface area contributed by atoms with E-state index in [9.17, 15) is 22.9 Å². The molecular formula is C16H19F2N3O5S. The van der Waals surface area contributed by atoms with E-state index in [0.717, 1.165) is 17.0 Å². The summed E-state index contributed by atoms with van der Waals surface area (Å²) in [6.07, 6.45) is -2.19. The summed E-state index contributed by atoms with van der Waals surface area (Å²) in [7, 11) is 1.39. The fourth-order valence-electron chi connectivity index (χ4n) is 2.93. The Balaban J connectivity index is 1.72. The maximum Gasteiger partial charge on any atom is 0.414 e. The smallest absolute Gasteiger partial charge is 0.414 e. The molecule has 0 bridgehead atoms. The third-order valence-corrected chi connectivity index (χ3v) is 5.56. The molecule has 2 aliphatic rings. The number of ether oxygens (including phenoxy) is 2. The number of nitrogens with zero attached hydrogens (tertiary/aromatic N) is 2. The molecule has 2 aliphatic heterocycles. The fraction of sp³-hybridized carbons (Fsp3) is 0.500. The Morgan fingerprint density at radius 1 is 1.37 bits per heavy atom. The van der Waals surface area contributed by atoms with Crippen molar-refractivity contribution in [2.24, 2.45) is 0 Å². The summed E-state index contributed by atoms with van der Waals surface area (Å²) in [6.45, 7) is 0.418. The Bertz CT molecular complexity index is 707. The number of halogens is 2. The molecule has 0 aromatic heterocycles. The minimum Gasteiger partial charge on any atom is -0.616 e. The Morgan fingerprint density at radius 2 is 2.00 bits per heavy atom. The number of carbonyl (C=O) groups excluding carboxylic acids is 2. The molecule has 2 saturated heterocycles. The van der Waals surface area contributed by atoms with Crippen molar-refractivity contribution in [1.82, 2.24) is 5.32 Å². The van der Waals surface area contributed by atoms with Crippen LogP contribution in [-0.4, -0.2) is 67.6 Å². The summed E-state index contributed by atoms with van der Waals surface area (Å²) in [6, 6.07) is 2.13. The van der Waals surface area contributed by atoms with E-state index in [1.165, 1.54) is 11.9 Å².